The molecular weight excluding hydrogens is 319 g/mol. The van der Waals surface area contributed by atoms with Crippen LogP contribution in [-0.4, -0.2) is 16.7 Å². The molecule has 0 fully saturated rings. The Labute approximate surface area is 146 Å². The zero-order chi connectivity index (χ0) is 18.0. The standard InChI is InChI=1S/C20H19FN2O2/c1-13-7-8-18(17(21)11-13)22-20(25)12-19-16-6-4-3-5-15(16)9-10-23(19)14(2)24/h3-11,19H,12H2,1-2H3,(H,22,25)/t19-/m0/s1. The summed E-state index contributed by atoms with van der Waals surface area (Å²) in [7, 11) is 0. The first-order chi connectivity index (χ1) is 12.0. The fourth-order valence-electron chi connectivity index (χ4n) is 3.01. The van der Waals surface area contributed by atoms with Crippen LogP contribution in [0, 0.1) is 12.7 Å². The molecule has 0 saturated heterocycles. The number of nitrogens with one attached hydrogen (secondary N) is 1. The van der Waals surface area contributed by atoms with Gasteiger partial charge in [-0.1, -0.05) is 30.3 Å². The molecule has 5 heteroatoms. The molecule has 1 atom stereocenters. The molecule has 0 radical (unpaired) electrons. The van der Waals surface area contributed by atoms with Crippen molar-refractivity contribution in [1.82, 2.24) is 4.90 Å². The van der Waals surface area contributed by atoms with Gasteiger partial charge in [0.15, 0.2) is 0 Å². The van der Waals surface area contributed by atoms with E-state index in [1.54, 1.807) is 25.3 Å². The molecule has 0 saturated carbocycles. The first kappa shape index (κ1) is 16.9. The normalized spacial score (nSPS) is 15.6. The highest BCUT2D eigenvalue weighted by molar-refractivity contribution is 5.92. The summed E-state index contributed by atoms with van der Waals surface area (Å²) in [5.41, 5.74) is 2.80. The van der Waals surface area contributed by atoms with Gasteiger partial charge in [0.1, 0.15) is 5.82 Å². The van der Waals surface area contributed by atoms with Gasteiger partial charge in [0, 0.05) is 13.1 Å². The van der Waals surface area contributed by atoms with Gasteiger partial charge in [0.25, 0.3) is 0 Å². The molecule has 0 spiro atoms. The van der Waals surface area contributed by atoms with Gasteiger partial charge in [0.2, 0.25) is 11.8 Å². The largest absolute Gasteiger partial charge is 0.324 e. The molecule has 128 valence electrons. The lowest BCUT2D eigenvalue weighted by molar-refractivity contribution is -0.129. The van der Waals surface area contributed by atoms with Gasteiger partial charge in [-0.25, -0.2) is 4.39 Å². The van der Waals surface area contributed by atoms with Crippen LogP contribution in [0.5, 0.6) is 0 Å². The van der Waals surface area contributed by atoms with Crippen molar-refractivity contribution in [2.24, 2.45) is 0 Å². The van der Waals surface area contributed by atoms with Crippen LogP contribution in [0.3, 0.4) is 0 Å². The maximum atomic E-state index is 13.9. The summed E-state index contributed by atoms with van der Waals surface area (Å²) < 4.78 is 13.9. The van der Waals surface area contributed by atoms with Crippen molar-refractivity contribution in [3.05, 3.63) is 71.2 Å². The number of halogens is 1. The molecular formula is C20H19FN2O2. The molecule has 2 aromatic rings. The van der Waals surface area contributed by atoms with Gasteiger partial charge >= 0.3 is 0 Å². The molecule has 0 bridgehead atoms. The van der Waals surface area contributed by atoms with Crippen molar-refractivity contribution in [3.63, 3.8) is 0 Å². The van der Waals surface area contributed by atoms with Gasteiger partial charge in [-0.05, 0) is 41.8 Å². The molecule has 0 unspecified atom stereocenters. The molecule has 0 aromatic heterocycles. The molecule has 1 aliphatic heterocycles. The summed E-state index contributed by atoms with van der Waals surface area (Å²) in [6.45, 7) is 3.24. The third kappa shape index (κ3) is 3.60. The van der Waals surface area contributed by atoms with Crippen molar-refractivity contribution in [2.45, 2.75) is 26.3 Å². The SMILES string of the molecule is CC(=O)N1C=Cc2ccccc2[C@@H]1CC(=O)Nc1ccc(C)cc1F. The third-order valence-electron chi connectivity index (χ3n) is 4.25. The molecule has 3 rings (SSSR count). The maximum absolute atomic E-state index is 13.9. The Balaban J connectivity index is 1.82. The second kappa shape index (κ2) is 6.89. The van der Waals surface area contributed by atoms with E-state index >= 15 is 0 Å². The topological polar surface area (TPSA) is 49.4 Å². The van der Waals surface area contributed by atoms with Gasteiger partial charge in [-0.2, -0.15) is 0 Å². The number of carbonyl (C=O) groups excluding carboxylic acids is 2. The van der Waals surface area contributed by atoms with Crippen molar-refractivity contribution >= 4 is 23.6 Å². The molecule has 1 aliphatic rings. The molecule has 25 heavy (non-hydrogen) atoms. The monoisotopic (exact) mass is 338 g/mol. The highest BCUT2D eigenvalue weighted by atomic mass is 19.1. The van der Waals surface area contributed by atoms with Crippen LogP contribution in [-0.2, 0) is 9.59 Å². The fourth-order valence-corrected chi connectivity index (χ4v) is 3.01. The van der Waals surface area contributed by atoms with E-state index in [9.17, 15) is 14.0 Å². The number of benzene rings is 2. The molecule has 0 aliphatic carbocycles. The third-order valence-corrected chi connectivity index (χ3v) is 4.25. The van der Waals surface area contributed by atoms with Gasteiger partial charge in [-0.15, -0.1) is 0 Å². The summed E-state index contributed by atoms with van der Waals surface area (Å²) in [5.74, 6) is -0.963. The van der Waals surface area contributed by atoms with Gasteiger partial charge in [0.05, 0.1) is 18.2 Å². The number of fused-ring (bicyclic) bond motifs is 1. The summed E-state index contributed by atoms with van der Waals surface area (Å²) in [6.07, 6.45) is 3.59. The lowest BCUT2D eigenvalue weighted by Gasteiger charge is -2.32. The second-order valence-corrected chi connectivity index (χ2v) is 6.12. The Bertz CT molecular complexity index is 861. The highest BCUT2D eigenvalue weighted by Gasteiger charge is 2.28. The first-order valence-corrected chi connectivity index (χ1v) is 8.08. The quantitative estimate of drug-likeness (QED) is 0.918. The predicted octanol–water partition coefficient (Wildman–Crippen LogP) is 4.04. The number of nitrogens with zero attached hydrogens (tertiary/aromatic N) is 1. The van der Waals surface area contributed by atoms with Crippen molar-refractivity contribution in [1.29, 1.82) is 0 Å². The zero-order valence-corrected chi connectivity index (χ0v) is 14.1. The number of rotatable bonds is 3. The average molecular weight is 338 g/mol. The Hall–Kier alpha value is -2.95. The van der Waals surface area contributed by atoms with Crippen molar-refractivity contribution < 1.29 is 14.0 Å². The van der Waals surface area contributed by atoms with Crippen LogP contribution in [0.4, 0.5) is 10.1 Å². The minimum Gasteiger partial charge on any atom is -0.324 e. The summed E-state index contributed by atoms with van der Waals surface area (Å²) in [4.78, 5) is 25.9. The number of hydrogen-bond donors (Lipinski definition) is 1. The van der Waals surface area contributed by atoms with E-state index in [0.29, 0.717) is 0 Å². The van der Waals surface area contributed by atoms with Crippen LogP contribution < -0.4 is 5.32 Å². The summed E-state index contributed by atoms with van der Waals surface area (Å²) in [5, 5.41) is 2.60. The van der Waals surface area contributed by atoms with E-state index in [4.69, 9.17) is 0 Å². The average Bonchev–Trinajstić information content (AvgIpc) is 2.57. The summed E-state index contributed by atoms with van der Waals surface area (Å²) in [6, 6.07) is 11.9. The first-order valence-electron chi connectivity index (χ1n) is 8.08. The maximum Gasteiger partial charge on any atom is 0.226 e. The second-order valence-electron chi connectivity index (χ2n) is 6.12. The van der Waals surface area contributed by atoms with E-state index in [-0.39, 0.29) is 23.9 Å². The van der Waals surface area contributed by atoms with E-state index in [2.05, 4.69) is 5.32 Å². The minimum atomic E-state index is -0.472. The molecule has 2 amide bonds. The molecule has 1 N–H and O–H groups in total. The minimum absolute atomic E-state index is 0.0499. The van der Waals surface area contributed by atoms with Crippen LogP contribution in [0.1, 0.15) is 36.1 Å². The zero-order valence-electron chi connectivity index (χ0n) is 14.1. The summed E-state index contributed by atoms with van der Waals surface area (Å²) >= 11 is 0. The number of hydrogen-bond acceptors (Lipinski definition) is 2. The number of amides is 2. The highest BCUT2D eigenvalue weighted by Crippen LogP contribution is 2.33. The molecule has 1 heterocycles. The number of aryl methyl sites for hydroxylation is 1. The number of anilines is 1. The van der Waals surface area contributed by atoms with Crippen LogP contribution in [0.15, 0.2) is 48.7 Å². The van der Waals surface area contributed by atoms with E-state index in [1.807, 2.05) is 30.3 Å². The lowest BCUT2D eigenvalue weighted by Crippen LogP contribution is -2.33. The molecule has 2 aromatic carbocycles. The molecule has 4 nitrogen and oxygen atoms in total. The van der Waals surface area contributed by atoms with Crippen molar-refractivity contribution in [3.8, 4) is 0 Å². The number of carbonyl (C=O) groups is 2. The Morgan fingerprint density at radius 2 is 1.96 bits per heavy atom. The predicted molar refractivity (Wildman–Crippen MR) is 95.1 cm³/mol. The van der Waals surface area contributed by atoms with Crippen molar-refractivity contribution in [2.75, 3.05) is 5.32 Å². The smallest absolute Gasteiger partial charge is 0.226 e. The Kier molecular flexibility index (Phi) is 4.65. The van der Waals surface area contributed by atoms with E-state index < -0.39 is 11.9 Å². The Morgan fingerprint density at radius 1 is 1.20 bits per heavy atom. The lowest BCUT2D eigenvalue weighted by atomic mass is 9.93. The van der Waals surface area contributed by atoms with Crippen LogP contribution in [0.2, 0.25) is 0 Å². The van der Waals surface area contributed by atoms with Crippen LogP contribution in [0.25, 0.3) is 6.08 Å². The van der Waals surface area contributed by atoms with Gasteiger partial charge in [-0.3, -0.25) is 9.59 Å². The van der Waals surface area contributed by atoms with Crippen LogP contribution >= 0.6 is 0 Å². The van der Waals surface area contributed by atoms with Gasteiger partial charge < -0.3 is 10.2 Å². The van der Waals surface area contributed by atoms with E-state index in [1.165, 1.54) is 17.9 Å². The fraction of sp³-hybridized carbons (Fsp3) is 0.200. The Morgan fingerprint density at radius 3 is 2.68 bits per heavy atom. The van der Waals surface area contributed by atoms with E-state index in [0.717, 1.165) is 16.7 Å².